The van der Waals surface area contributed by atoms with Gasteiger partial charge in [0.25, 0.3) is 0 Å². The molecule has 0 radical (unpaired) electrons. The smallest absolute Gasteiger partial charge is 0.227 e. The van der Waals surface area contributed by atoms with Crippen molar-refractivity contribution in [1.82, 2.24) is 9.80 Å². The third-order valence-electron chi connectivity index (χ3n) is 6.32. The van der Waals surface area contributed by atoms with Crippen molar-refractivity contribution in [1.29, 1.82) is 0 Å². The summed E-state index contributed by atoms with van der Waals surface area (Å²) < 4.78 is 22.8. The first-order chi connectivity index (χ1) is 18.1. The molecule has 3 aromatic rings. The van der Waals surface area contributed by atoms with Crippen molar-refractivity contribution in [3.05, 3.63) is 82.3 Å². The fourth-order valence-corrected chi connectivity index (χ4v) is 5.04. The van der Waals surface area contributed by atoms with E-state index in [9.17, 15) is 4.79 Å². The van der Waals surface area contributed by atoms with Crippen molar-refractivity contribution in [2.24, 2.45) is 0 Å². The lowest BCUT2D eigenvalue weighted by Gasteiger charge is -2.35. The number of ether oxygens (including phenoxy) is 4. The highest BCUT2D eigenvalue weighted by Gasteiger charge is 2.26. The van der Waals surface area contributed by atoms with Gasteiger partial charge in [0.05, 0.1) is 10.9 Å². The van der Waals surface area contributed by atoms with Gasteiger partial charge in [0.15, 0.2) is 13.6 Å². The molecule has 4 rings (SSSR count). The molecule has 3 aromatic carbocycles. The summed E-state index contributed by atoms with van der Waals surface area (Å²) in [5.74, 6) is 1.19. The first kappa shape index (κ1) is 27.1. The number of carbonyl (C=O) groups excluding carboxylic acids is 1. The number of piperazine rings is 1. The highest BCUT2D eigenvalue weighted by atomic mass is 79.9. The van der Waals surface area contributed by atoms with Gasteiger partial charge in [0, 0.05) is 58.6 Å². The van der Waals surface area contributed by atoms with Crippen molar-refractivity contribution < 1.29 is 23.7 Å². The van der Waals surface area contributed by atoms with Crippen LogP contribution >= 0.6 is 15.9 Å². The highest BCUT2D eigenvalue weighted by Crippen LogP contribution is 2.44. The second-order valence-corrected chi connectivity index (χ2v) is 9.62. The Hall–Kier alpha value is -2.91. The molecular weight excluding hydrogens is 536 g/mol. The molecule has 37 heavy (non-hydrogen) atoms. The van der Waals surface area contributed by atoms with E-state index in [1.165, 1.54) is 5.56 Å². The molecule has 1 aliphatic heterocycles. The van der Waals surface area contributed by atoms with Gasteiger partial charge in [-0.2, -0.15) is 0 Å². The van der Waals surface area contributed by atoms with Crippen LogP contribution in [-0.4, -0.2) is 69.7 Å². The van der Waals surface area contributed by atoms with E-state index in [-0.39, 0.29) is 25.9 Å². The summed E-state index contributed by atoms with van der Waals surface area (Å²) in [6, 6.07) is 22.2. The Morgan fingerprint density at radius 2 is 1.43 bits per heavy atom. The Balaban J connectivity index is 1.57. The Bertz CT molecular complexity index is 1150. The quantitative estimate of drug-likeness (QED) is 0.304. The first-order valence-electron chi connectivity index (χ1n) is 12.3. The Kier molecular flexibility index (Phi) is 9.96. The predicted octanol–water partition coefficient (Wildman–Crippen LogP) is 4.97. The van der Waals surface area contributed by atoms with Crippen LogP contribution < -0.4 is 9.47 Å². The summed E-state index contributed by atoms with van der Waals surface area (Å²) in [6.45, 7) is 4.10. The maximum atomic E-state index is 13.6. The van der Waals surface area contributed by atoms with Crippen LogP contribution in [0.1, 0.15) is 11.1 Å². The molecule has 0 N–H and O–H groups in total. The molecule has 0 unspecified atom stereocenters. The monoisotopic (exact) mass is 568 g/mol. The predicted molar refractivity (Wildman–Crippen MR) is 147 cm³/mol. The van der Waals surface area contributed by atoms with Crippen LogP contribution in [0.25, 0.3) is 11.1 Å². The van der Waals surface area contributed by atoms with E-state index < -0.39 is 0 Å². The number of hydrogen-bond donors (Lipinski definition) is 0. The number of hydrogen-bond acceptors (Lipinski definition) is 6. The Morgan fingerprint density at radius 3 is 2.05 bits per heavy atom. The second-order valence-electron chi connectivity index (χ2n) is 8.83. The van der Waals surface area contributed by atoms with Gasteiger partial charge < -0.3 is 23.8 Å². The molecule has 196 valence electrons. The third-order valence-corrected chi connectivity index (χ3v) is 7.19. The van der Waals surface area contributed by atoms with E-state index >= 15 is 0 Å². The number of halogens is 1. The molecule has 0 aromatic heterocycles. The first-order valence-corrected chi connectivity index (χ1v) is 13.1. The standard InChI is InChI=1S/C29H33BrN2O5/c1-34-20-36-25-18-26(37-21-35-2)29(30)24(28(25)23-11-7-4-8-12-23)17-27(33)32-15-13-31(14-16-32)19-22-9-5-3-6-10-22/h3-12,18H,13-17,19-21H2,1-2H3. The van der Waals surface area contributed by atoms with Crippen LogP contribution in [-0.2, 0) is 27.2 Å². The molecule has 0 bridgehead atoms. The lowest BCUT2D eigenvalue weighted by Crippen LogP contribution is -2.48. The number of amides is 1. The number of rotatable bonds is 11. The average Bonchev–Trinajstić information content (AvgIpc) is 2.94. The van der Waals surface area contributed by atoms with Gasteiger partial charge in [0.2, 0.25) is 5.91 Å². The van der Waals surface area contributed by atoms with Crippen LogP contribution in [0.2, 0.25) is 0 Å². The number of carbonyl (C=O) groups is 1. The highest BCUT2D eigenvalue weighted by molar-refractivity contribution is 9.10. The zero-order valence-corrected chi connectivity index (χ0v) is 22.9. The zero-order chi connectivity index (χ0) is 26.0. The van der Waals surface area contributed by atoms with Gasteiger partial charge in [-0.3, -0.25) is 9.69 Å². The summed E-state index contributed by atoms with van der Waals surface area (Å²) in [5.41, 5.74) is 3.88. The number of benzene rings is 3. The van der Waals surface area contributed by atoms with Crippen molar-refractivity contribution in [3.8, 4) is 22.6 Å². The summed E-state index contributed by atoms with van der Waals surface area (Å²) in [6.07, 6.45) is 0.205. The number of nitrogens with zero attached hydrogens (tertiary/aromatic N) is 2. The van der Waals surface area contributed by atoms with Gasteiger partial charge in [-0.15, -0.1) is 0 Å². The number of methoxy groups -OCH3 is 2. The lowest BCUT2D eigenvalue weighted by atomic mass is 9.95. The van der Waals surface area contributed by atoms with Crippen LogP contribution in [0.15, 0.2) is 71.2 Å². The van der Waals surface area contributed by atoms with Crippen molar-refractivity contribution in [2.75, 3.05) is 54.0 Å². The largest absolute Gasteiger partial charge is 0.467 e. The Morgan fingerprint density at radius 1 is 0.838 bits per heavy atom. The minimum atomic E-state index is 0.0684. The van der Waals surface area contributed by atoms with Gasteiger partial charge >= 0.3 is 0 Å². The fourth-order valence-electron chi connectivity index (χ4n) is 4.47. The van der Waals surface area contributed by atoms with Crippen molar-refractivity contribution in [3.63, 3.8) is 0 Å². The zero-order valence-electron chi connectivity index (χ0n) is 21.3. The van der Waals surface area contributed by atoms with Crippen molar-refractivity contribution >= 4 is 21.8 Å². The molecule has 1 heterocycles. The van der Waals surface area contributed by atoms with Gasteiger partial charge in [-0.05, 0) is 32.6 Å². The van der Waals surface area contributed by atoms with E-state index in [2.05, 4.69) is 45.1 Å². The fraction of sp³-hybridized carbons (Fsp3) is 0.345. The molecule has 0 aliphatic carbocycles. The maximum Gasteiger partial charge on any atom is 0.227 e. The second kappa shape index (κ2) is 13.6. The molecule has 0 atom stereocenters. The summed E-state index contributed by atoms with van der Waals surface area (Å²) in [7, 11) is 3.14. The molecule has 0 spiro atoms. The van der Waals surface area contributed by atoms with Gasteiger partial charge in [0.1, 0.15) is 11.5 Å². The summed E-state index contributed by atoms with van der Waals surface area (Å²) in [5, 5.41) is 0. The summed E-state index contributed by atoms with van der Waals surface area (Å²) >= 11 is 3.71. The van der Waals surface area contributed by atoms with E-state index in [0.717, 1.165) is 36.3 Å². The average molecular weight is 569 g/mol. The van der Waals surface area contributed by atoms with E-state index in [1.807, 2.05) is 41.3 Å². The molecule has 8 heteroatoms. The molecule has 7 nitrogen and oxygen atoms in total. The van der Waals surface area contributed by atoms with E-state index in [4.69, 9.17) is 18.9 Å². The van der Waals surface area contributed by atoms with Crippen LogP contribution in [0.3, 0.4) is 0 Å². The van der Waals surface area contributed by atoms with Gasteiger partial charge in [-0.1, -0.05) is 60.7 Å². The molecule has 0 saturated carbocycles. The molecule has 1 fully saturated rings. The van der Waals surface area contributed by atoms with Gasteiger partial charge in [-0.25, -0.2) is 0 Å². The van der Waals surface area contributed by atoms with Crippen LogP contribution in [0, 0.1) is 0 Å². The van der Waals surface area contributed by atoms with Crippen LogP contribution in [0.5, 0.6) is 11.5 Å². The molecule has 1 amide bonds. The third kappa shape index (κ3) is 7.11. The van der Waals surface area contributed by atoms with Crippen LogP contribution in [0.4, 0.5) is 0 Å². The molecular formula is C29H33BrN2O5. The SMILES string of the molecule is COCOc1cc(OCOC)c(-c2ccccc2)c(CC(=O)N2CCN(Cc3ccccc3)CC2)c1Br. The minimum absolute atomic E-state index is 0.0684. The maximum absolute atomic E-state index is 13.6. The van der Waals surface area contributed by atoms with E-state index in [1.54, 1.807) is 20.3 Å². The summed E-state index contributed by atoms with van der Waals surface area (Å²) in [4.78, 5) is 17.9. The minimum Gasteiger partial charge on any atom is -0.467 e. The lowest BCUT2D eigenvalue weighted by molar-refractivity contribution is -0.132. The molecule has 1 aliphatic rings. The van der Waals surface area contributed by atoms with E-state index in [0.29, 0.717) is 29.1 Å². The topological polar surface area (TPSA) is 60.5 Å². The van der Waals surface area contributed by atoms with Crippen molar-refractivity contribution in [2.45, 2.75) is 13.0 Å². The Labute approximate surface area is 227 Å². The molecule has 1 saturated heterocycles. The normalized spacial score (nSPS) is 14.0.